The van der Waals surface area contributed by atoms with E-state index in [0.717, 1.165) is 24.2 Å². The van der Waals surface area contributed by atoms with Gasteiger partial charge in [-0.15, -0.1) is 0 Å². The van der Waals surface area contributed by atoms with Crippen molar-refractivity contribution in [3.63, 3.8) is 0 Å². The van der Waals surface area contributed by atoms with E-state index in [-0.39, 0.29) is 16.9 Å². The molecule has 3 aromatic rings. The Hall–Kier alpha value is -1.46. The van der Waals surface area contributed by atoms with Crippen LogP contribution in [0.2, 0.25) is 20.1 Å². The minimum atomic E-state index is -0.174. The largest absolute Gasteiger partial charge is 0.506 e. The van der Waals surface area contributed by atoms with E-state index >= 15 is 0 Å². The number of halogens is 4. The fourth-order valence-electron chi connectivity index (χ4n) is 3.89. The van der Waals surface area contributed by atoms with Gasteiger partial charge in [0, 0.05) is 46.8 Å². The van der Waals surface area contributed by atoms with Crippen LogP contribution in [-0.2, 0) is 13.1 Å². The molecule has 4 rings (SSSR count). The first-order valence-corrected chi connectivity index (χ1v) is 11.1. The van der Waals surface area contributed by atoms with Crippen molar-refractivity contribution in [2.75, 3.05) is 13.1 Å². The van der Waals surface area contributed by atoms with Crippen molar-refractivity contribution < 1.29 is 5.11 Å². The Morgan fingerprint density at radius 3 is 1.63 bits per heavy atom. The van der Waals surface area contributed by atoms with Crippen LogP contribution in [0.25, 0.3) is 0 Å². The van der Waals surface area contributed by atoms with E-state index < -0.39 is 0 Å². The Morgan fingerprint density at radius 1 is 0.700 bits per heavy atom. The number of phenolic OH excluding ortho intramolecular Hbond substituents is 1. The Morgan fingerprint density at radius 2 is 1.17 bits per heavy atom. The van der Waals surface area contributed by atoms with E-state index in [9.17, 15) is 5.11 Å². The molecule has 156 valence electrons. The van der Waals surface area contributed by atoms with E-state index in [1.54, 1.807) is 12.1 Å². The van der Waals surface area contributed by atoms with Crippen molar-refractivity contribution in [1.82, 2.24) is 9.80 Å². The maximum atomic E-state index is 10.7. The first kappa shape index (κ1) is 21.8. The summed E-state index contributed by atoms with van der Waals surface area (Å²) in [5.74, 6) is 0.0650. The smallest absolute Gasteiger partial charge is 0.140 e. The average molecular weight is 482 g/mol. The van der Waals surface area contributed by atoms with Crippen LogP contribution in [0.3, 0.4) is 0 Å². The molecule has 1 aliphatic rings. The normalized spacial score (nSPS) is 15.7. The predicted octanol–water partition coefficient (Wildman–Crippen LogP) is 7.02. The van der Waals surface area contributed by atoms with Crippen LogP contribution < -0.4 is 0 Å². The lowest BCUT2D eigenvalue weighted by Crippen LogP contribution is -2.30. The lowest BCUT2D eigenvalue weighted by molar-refractivity contribution is 0.123. The molecule has 0 aromatic heterocycles. The zero-order valence-electron chi connectivity index (χ0n) is 16.0. The standard InChI is InChI=1S/C23H20Cl4N2O/c24-17-5-1-15(2-6-17)13-28-9-10-29(14-16-3-7-18(25)8-4-16)23(28)20-11-19(26)12-21(27)22(20)30/h1-8,11-12,23,30H,9-10,13-14H2. The van der Waals surface area contributed by atoms with Gasteiger partial charge in [-0.3, -0.25) is 9.80 Å². The Kier molecular flexibility index (Phi) is 6.78. The molecular weight excluding hydrogens is 462 g/mol. The van der Waals surface area contributed by atoms with Gasteiger partial charge in [0.05, 0.1) is 11.2 Å². The van der Waals surface area contributed by atoms with Gasteiger partial charge in [0.25, 0.3) is 0 Å². The fourth-order valence-corrected chi connectivity index (χ4v) is 4.65. The number of aromatic hydroxyl groups is 1. The third kappa shape index (κ3) is 4.88. The van der Waals surface area contributed by atoms with Crippen molar-refractivity contribution in [2.24, 2.45) is 0 Å². The first-order valence-electron chi connectivity index (χ1n) is 9.55. The van der Waals surface area contributed by atoms with E-state index in [4.69, 9.17) is 46.4 Å². The highest BCUT2D eigenvalue weighted by molar-refractivity contribution is 6.35. The molecule has 1 N–H and O–H groups in total. The first-order chi connectivity index (χ1) is 14.4. The molecule has 0 radical (unpaired) electrons. The lowest BCUT2D eigenvalue weighted by atomic mass is 10.1. The Labute approximate surface area is 196 Å². The molecule has 0 bridgehead atoms. The zero-order valence-corrected chi connectivity index (χ0v) is 19.1. The summed E-state index contributed by atoms with van der Waals surface area (Å²) in [5, 5.41) is 12.9. The number of phenols is 1. The molecule has 0 spiro atoms. The number of hydrogen-bond donors (Lipinski definition) is 1. The summed E-state index contributed by atoms with van der Waals surface area (Å²) in [4.78, 5) is 4.61. The number of hydrogen-bond acceptors (Lipinski definition) is 3. The number of benzene rings is 3. The highest BCUT2D eigenvalue weighted by Crippen LogP contribution is 2.41. The molecule has 1 saturated heterocycles. The Balaban J connectivity index is 1.67. The van der Waals surface area contributed by atoms with Crippen molar-refractivity contribution in [3.8, 4) is 5.75 Å². The highest BCUT2D eigenvalue weighted by atomic mass is 35.5. The van der Waals surface area contributed by atoms with E-state index in [1.165, 1.54) is 0 Å². The minimum Gasteiger partial charge on any atom is -0.506 e. The highest BCUT2D eigenvalue weighted by Gasteiger charge is 2.35. The van der Waals surface area contributed by atoms with Crippen LogP contribution in [0, 0.1) is 0 Å². The summed E-state index contributed by atoms with van der Waals surface area (Å²) in [6, 6.07) is 19.0. The summed E-state index contributed by atoms with van der Waals surface area (Å²) < 4.78 is 0. The van der Waals surface area contributed by atoms with Crippen LogP contribution in [0.1, 0.15) is 22.9 Å². The maximum absolute atomic E-state index is 10.7. The molecule has 1 aliphatic heterocycles. The molecule has 1 heterocycles. The van der Waals surface area contributed by atoms with Gasteiger partial charge < -0.3 is 5.11 Å². The second-order valence-corrected chi connectivity index (χ2v) is 9.11. The molecular formula is C23H20Cl4N2O. The van der Waals surface area contributed by atoms with Gasteiger partial charge in [-0.2, -0.15) is 0 Å². The van der Waals surface area contributed by atoms with Crippen LogP contribution in [-0.4, -0.2) is 28.0 Å². The van der Waals surface area contributed by atoms with Crippen molar-refractivity contribution >= 4 is 46.4 Å². The van der Waals surface area contributed by atoms with E-state index in [2.05, 4.69) is 9.80 Å². The molecule has 0 unspecified atom stereocenters. The molecule has 3 aromatic carbocycles. The summed E-state index contributed by atoms with van der Waals surface area (Å²) in [6.45, 7) is 3.10. The van der Waals surface area contributed by atoms with Gasteiger partial charge in [-0.05, 0) is 47.5 Å². The number of rotatable bonds is 5. The van der Waals surface area contributed by atoms with Crippen molar-refractivity contribution in [3.05, 3.63) is 97.4 Å². The zero-order chi connectivity index (χ0) is 21.3. The quantitative estimate of drug-likeness (QED) is 0.424. The van der Waals surface area contributed by atoms with Gasteiger partial charge >= 0.3 is 0 Å². The molecule has 0 saturated carbocycles. The lowest BCUT2D eigenvalue weighted by Gasteiger charge is -2.31. The van der Waals surface area contributed by atoms with Crippen molar-refractivity contribution in [1.29, 1.82) is 0 Å². The molecule has 3 nitrogen and oxygen atoms in total. The topological polar surface area (TPSA) is 26.7 Å². The molecule has 1 fully saturated rings. The summed E-state index contributed by atoms with van der Waals surface area (Å²) in [6.07, 6.45) is -0.174. The molecule has 0 atom stereocenters. The van der Waals surface area contributed by atoms with Crippen LogP contribution in [0.15, 0.2) is 60.7 Å². The fraction of sp³-hybridized carbons (Fsp3) is 0.217. The van der Waals surface area contributed by atoms with Gasteiger partial charge in [0.1, 0.15) is 5.75 Å². The van der Waals surface area contributed by atoms with Crippen LogP contribution >= 0.6 is 46.4 Å². The van der Waals surface area contributed by atoms with Crippen LogP contribution in [0.4, 0.5) is 0 Å². The Bertz CT molecular complexity index is 969. The second kappa shape index (κ2) is 9.35. The summed E-state index contributed by atoms with van der Waals surface area (Å²) >= 11 is 24.6. The average Bonchev–Trinajstić information content (AvgIpc) is 3.10. The monoisotopic (exact) mass is 480 g/mol. The number of nitrogens with zero attached hydrogens (tertiary/aromatic N) is 2. The second-order valence-electron chi connectivity index (χ2n) is 7.39. The van der Waals surface area contributed by atoms with E-state index in [0.29, 0.717) is 33.7 Å². The van der Waals surface area contributed by atoms with E-state index in [1.807, 2.05) is 48.5 Å². The molecule has 0 amide bonds. The molecule has 0 aliphatic carbocycles. The van der Waals surface area contributed by atoms with Gasteiger partial charge in [0.2, 0.25) is 0 Å². The minimum absolute atomic E-state index is 0.0650. The van der Waals surface area contributed by atoms with Gasteiger partial charge in [-0.25, -0.2) is 0 Å². The summed E-state index contributed by atoms with van der Waals surface area (Å²) in [5.41, 5.74) is 2.99. The van der Waals surface area contributed by atoms with Crippen LogP contribution in [0.5, 0.6) is 5.75 Å². The van der Waals surface area contributed by atoms with Gasteiger partial charge in [-0.1, -0.05) is 70.7 Å². The third-order valence-corrected chi connectivity index (χ3v) is 6.31. The van der Waals surface area contributed by atoms with Gasteiger partial charge in [0.15, 0.2) is 0 Å². The predicted molar refractivity (Wildman–Crippen MR) is 125 cm³/mol. The van der Waals surface area contributed by atoms with Crippen molar-refractivity contribution in [2.45, 2.75) is 19.3 Å². The summed E-state index contributed by atoms with van der Waals surface area (Å²) in [7, 11) is 0. The third-order valence-electron chi connectivity index (χ3n) is 5.30. The maximum Gasteiger partial charge on any atom is 0.140 e. The SMILES string of the molecule is Oc1c(Cl)cc(Cl)cc1C1N(Cc2ccc(Cl)cc2)CCN1Cc1ccc(Cl)cc1. The molecule has 30 heavy (non-hydrogen) atoms. The molecule has 7 heteroatoms.